The van der Waals surface area contributed by atoms with E-state index in [-0.39, 0.29) is 5.91 Å². The van der Waals surface area contributed by atoms with Crippen LogP contribution in [0.5, 0.6) is 0 Å². The molecule has 1 saturated heterocycles. The molecule has 2 heterocycles. The number of carbonyl (C=O) groups is 1. The van der Waals surface area contributed by atoms with Crippen molar-refractivity contribution in [1.29, 1.82) is 0 Å². The molecular formula is C16H18N2O2S. The van der Waals surface area contributed by atoms with Crippen molar-refractivity contribution in [2.75, 3.05) is 34.8 Å². The monoisotopic (exact) mass is 302 g/mol. The second kappa shape index (κ2) is 6.26. The van der Waals surface area contributed by atoms with E-state index in [0.29, 0.717) is 5.76 Å². The Hall–Kier alpha value is -1.88. The first-order chi connectivity index (χ1) is 10.2. The summed E-state index contributed by atoms with van der Waals surface area (Å²) in [6, 6.07) is 11.4. The van der Waals surface area contributed by atoms with Gasteiger partial charge in [0, 0.05) is 36.0 Å². The van der Waals surface area contributed by atoms with Gasteiger partial charge in [0.1, 0.15) is 5.76 Å². The number of furan rings is 1. The maximum Gasteiger partial charge on any atom is 0.291 e. The van der Waals surface area contributed by atoms with Gasteiger partial charge in [-0.25, -0.2) is 0 Å². The first-order valence-corrected chi connectivity index (χ1v) is 8.18. The zero-order chi connectivity index (χ0) is 14.7. The third-order valence-corrected chi connectivity index (χ3v) is 4.41. The van der Waals surface area contributed by atoms with Crippen LogP contribution in [-0.2, 0) is 0 Å². The average Bonchev–Trinajstić information content (AvgIpc) is 2.96. The summed E-state index contributed by atoms with van der Waals surface area (Å²) in [7, 11) is 0. The molecule has 0 atom stereocenters. The van der Waals surface area contributed by atoms with Crippen LogP contribution in [0.4, 0.5) is 11.4 Å². The molecule has 0 radical (unpaired) electrons. The first kappa shape index (κ1) is 14.1. The molecule has 1 aliphatic heterocycles. The highest BCUT2D eigenvalue weighted by molar-refractivity contribution is 7.99. The third kappa shape index (κ3) is 3.42. The van der Waals surface area contributed by atoms with Crippen molar-refractivity contribution < 1.29 is 9.21 Å². The summed E-state index contributed by atoms with van der Waals surface area (Å²) in [5.74, 6) is 3.21. The summed E-state index contributed by atoms with van der Waals surface area (Å²) in [5, 5.41) is 2.85. The zero-order valence-electron chi connectivity index (χ0n) is 12.0. The van der Waals surface area contributed by atoms with Crippen molar-refractivity contribution in [3.8, 4) is 0 Å². The lowest BCUT2D eigenvalue weighted by Crippen LogP contribution is -2.32. The molecule has 0 saturated carbocycles. The van der Waals surface area contributed by atoms with E-state index in [1.165, 1.54) is 17.2 Å². The molecule has 21 heavy (non-hydrogen) atoms. The van der Waals surface area contributed by atoms with Crippen LogP contribution in [0.2, 0.25) is 0 Å². The fourth-order valence-corrected chi connectivity index (χ4v) is 3.23. The highest BCUT2D eigenvalue weighted by Gasteiger charge is 2.12. The summed E-state index contributed by atoms with van der Waals surface area (Å²) in [6.07, 6.45) is 0. The number of nitrogens with zero attached hydrogens (tertiary/aromatic N) is 1. The van der Waals surface area contributed by atoms with Crippen molar-refractivity contribution in [3.63, 3.8) is 0 Å². The van der Waals surface area contributed by atoms with Crippen molar-refractivity contribution >= 4 is 29.0 Å². The predicted octanol–water partition coefficient (Wildman–Crippen LogP) is 3.39. The van der Waals surface area contributed by atoms with Crippen molar-refractivity contribution in [1.82, 2.24) is 0 Å². The number of benzene rings is 1. The Morgan fingerprint density at radius 1 is 1.14 bits per heavy atom. The van der Waals surface area contributed by atoms with Gasteiger partial charge in [0.25, 0.3) is 5.91 Å². The second-order valence-electron chi connectivity index (χ2n) is 5.01. The lowest BCUT2D eigenvalue weighted by Gasteiger charge is -2.28. The lowest BCUT2D eigenvalue weighted by atomic mass is 10.2. The second-order valence-corrected chi connectivity index (χ2v) is 6.24. The first-order valence-electron chi connectivity index (χ1n) is 7.03. The van der Waals surface area contributed by atoms with Crippen LogP contribution >= 0.6 is 11.8 Å². The van der Waals surface area contributed by atoms with E-state index >= 15 is 0 Å². The third-order valence-electron chi connectivity index (χ3n) is 3.47. The number of anilines is 2. The van der Waals surface area contributed by atoms with Gasteiger partial charge < -0.3 is 14.6 Å². The average molecular weight is 302 g/mol. The Bertz CT molecular complexity index is 615. The molecule has 1 amide bonds. The Labute approximate surface area is 128 Å². The molecule has 1 aromatic carbocycles. The van der Waals surface area contributed by atoms with Gasteiger partial charge in [0.2, 0.25) is 0 Å². The van der Waals surface area contributed by atoms with Gasteiger partial charge in [-0.3, -0.25) is 4.79 Å². The fourth-order valence-electron chi connectivity index (χ4n) is 2.33. The van der Waals surface area contributed by atoms with Gasteiger partial charge in [-0.15, -0.1) is 0 Å². The highest BCUT2D eigenvalue weighted by Crippen LogP contribution is 2.22. The number of rotatable bonds is 3. The molecule has 1 fully saturated rings. The molecule has 0 unspecified atom stereocenters. The van der Waals surface area contributed by atoms with Crippen LogP contribution in [0.25, 0.3) is 0 Å². The van der Waals surface area contributed by atoms with Crippen LogP contribution in [0.1, 0.15) is 16.3 Å². The molecule has 2 aromatic rings. The summed E-state index contributed by atoms with van der Waals surface area (Å²) in [6.45, 7) is 3.99. The number of amides is 1. The molecule has 0 aliphatic carbocycles. The van der Waals surface area contributed by atoms with Crippen LogP contribution in [0, 0.1) is 6.92 Å². The van der Waals surface area contributed by atoms with E-state index in [1.807, 2.05) is 30.8 Å². The van der Waals surface area contributed by atoms with E-state index in [4.69, 9.17) is 4.42 Å². The summed E-state index contributed by atoms with van der Waals surface area (Å²) < 4.78 is 5.31. The molecule has 5 heteroatoms. The Morgan fingerprint density at radius 2 is 1.86 bits per heavy atom. The van der Waals surface area contributed by atoms with Gasteiger partial charge in [-0.05, 0) is 43.3 Å². The zero-order valence-corrected chi connectivity index (χ0v) is 12.8. The molecule has 0 spiro atoms. The van der Waals surface area contributed by atoms with Gasteiger partial charge in [-0.2, -0.15) is 11.8 Å². The van der Waals surface area contributed by atoms with E-state index in [0.717, 1.165) is 24.5 Å². The Morgan fingerprint density at radius 3 is 2.48 bits per heavy atom. The number of carbonyl (C=O) groups excluding carboxylic acids is 1. The van der Waals surface area contributed by atoms with Crippen molar-refractivity contribution in [3.05, 3.63) is 47.9 Å². The predicted molar refractivity (Wildman–Crippen MR) is 87.4 cm³/mol. The van der Waals surface area contributed by atoms with Gasteiger partial charge >= 0.3 is 0 Å². The minimum atomic E-state index is -0.217. The largest absolute Gasteiger partial charge is 0.456 e. The number of hydrogen-bond donors (Lipinski definition) is 1. The minimum absolute atomic E-state index is 0.217. The molecule has 0 bridgehead atoms. The van der Waals surface area contributed by atoms with Crippen LogP contribution in [0.15, 0.2) is 40.8 Å². The van der Waals surface area contributed by atoms with E-state index in [9.17, 15) is 4.79 Å². The summed E-state index contributed by atoms with van der Waals surface area (Å²) in [4.78, 5) is 14.4. The smallest absolute Gasteiger partial charge is 0.291 e. The molecule has 3 rings (SSSR count). The maximum absolute atomic E-state index is 12.0. The number of thioether (sulfide) groups is 1. The topological polar surface area (TPSA) is 45.5 Å². The van der Waals surface area contributed by atoms with Crippen LogP contribution in [-0.4, -0.2) is 30.5 Å². The standard InChI is InChI=1S/C16H18N2O2S/c1-12-2-7-15(20-12)16(19)17-13-3-5-14(6-4-13)18-8-10-21-11-9-18/h2-7H,8-11H2,1H3,(H,17,19). The highest BCUT2D eigenvalue weighted by atomic mass is 32.2. The molecular weight excluding hydrogens is 284 g/mol. The normalized spacial score (nSPS) is 15.0. The molecule has 1 aliphatic rings. The van der Waals surface area contributed by atoms with E-state index in [1.54, 1.807) is 12.1 Å². The fraction of sp³-hybridized carbons (Fsp3) is 0.312. The Kier molecular flexibility index (Phi) is 4.20. The molecule has 110 valence electrons. The number of aryl methyl sites for hydroxylation is 1. The van der Waals surface area contributed by atoms with E-state index < -0.39 is 0 Å². The van der Waals surface area contributed by atoms with Gasteiger partial charge in [0.15, 0.2) is 5.76 Å². The summed E-state index contributed by atoms with van der Waals surface area (Å²) >= 11 is 2.00. The lowest BCUT2D eigenvalue weighted by molar-refractivity contribution is 0.0995. The van der Waals surface area contributed by atoms with Crippen LogP contribution < -0.4 is 10.2 Å². The molecule has 1 N–H and O–H groups in total. The molecule has 4 nitrogen and oxygen atoms in total. The van der Waals surface area contributed by atoms with E-state index in [2.05, 4.69) is 22.3 Å². The minimum Gasteiger partial charge on any atom is -0.456 e. The molecule has 1 aromatic heterocycles. The Balaban J connectivity index is 1.65. The van der Waals surface area contributed by atoms with Crippen LogP contribution in [0.3, 0.4) is 0 Å². The number of hydrogen-bond acceptors (Lipinski definition) is 4. The number of nitrogens with one attached hydrogen (secondary N) is 1. The SMILES string of the molecule is Cc1ccc(C(=O)Nc2ccc(N3CCSCC3)cc2)o1. The quantitative estimate of drug-likeness (QED) is 0.944. The van der Waals surface area contributed by atoms with Crippen molar-refractivity contribution in [2.45, 2.75) is 6.92 Å². The van der Waals surface area contributed by atoms with Gasteiger partial charge in [0.05, 0.1) is 0 Å². The van der Waals surface area contributed by atoms with Crippen molar-refractivity contribution in [2.24, 2.45) is 0 Å². The summed E-state index contributed by atoms with van der Waals surface area (Å²) in [5.41, 5.74) is 1.99. The van der Waals surface area contributed by atoms with Gasteiger partial charge in [-0.1, -0.05) is 0 Å². The maximum atomic E-state index is 12.0.